The second kappa shape index (κ2) is 8.59. The SMILES string of the molecule is OCCn1ccc2ncnc(Cc3ccc(OCc4cccc(F)c4)c(Cl)c3)c21. The van der Waals surface area contributed by atoms with Gasteiger partial charge in [-0.05, 0) is 41.5 Å². The molecule has 0 aliphatic heterocycles. The van der Waals surface area contributed by atoms with Gasteiger partial charge in [-0.25, -0.2) is 14.4 Å². The van der Waals surface area contributed by atoms with Gasteiger partial charge in [0.15, 0.2) is 0 Å². The number of aliphatic hydroxyl groups is 1. The topological polar surface area (TPSA) is 60.2 Å². The third-order valence-electron chi connectivity index (χ3n) is 4.62. The van der Waals surface area contributed by atoms with Gasteiger partial charge in [0, 0.05) is 19.2 Å². The molecule has 2 aromatic heterocycles. The standard InChI is InChI=1S/C22H19ClFN3O2/c23-18-11-15(4-5-21(18)29-13-16-2-1-3-17(24)10-16)12-20-22-19(25-14-26-20)6-7-27(22)8-9-28/h1-7,10-11,14,28H,8-9,12-13H2. The van der Waals surface area contributed by atoms with Crippen molar-refractivity contribution in [2.75, 3.05) is 6.61 Å². The lowest BCUT2D eigenvalue weighted by Crippen LogP contribution is -2.04. The van der Waals surface area contributed by atoms with Gasteiger partial charge >= 0.3 is 0 Å². The lowest BCUT2D eigenvalue weighted by Gasteiger charge is -2.11. The Kier molecular flexibility index (Phi) is 5.74. The first-order chi connectivity index (χ1) is 14.1. The van der Waals surface area contributed by atoms with Crippen LogP contribution in [0.15, 0.2) is 61.1 Å². The summed E-state index contributed by atoms with van der Waals surface area (Å²) in [6.07, 6.45) is 4.01. The molecule has 0 spiro atoms. The quantitative estimate of drug-likeness (QED) is 0.490. The van der Waals surface area contributed by atoms with Crippen LogP contribution in [0.4, 0.5) is 4.39 Å². The molecule has 0 aliphatic carbocycles. The van der Waals surface area contributed by atoms with Gasteiger partial charge in [-0.2, -0.15) is 0 Å². The predicted molar refractivity (Wildman–Crippen MR) is 110 cm³/mol. The maximum Gasteiger partial charge on any atom is 0.138 e. The molecule has 2 heterocycles. The van der Waals surface area contributed by atoms with Crippen LogP contribution in [0.3, 0.4) is 0 Å². The molecule has 2 aromatic carbocycles. The van der Waals surface area contributed by atoms with Gasteiger partial charge in [0.05, 0.1) is 28.4 Å². The number of aliphatic hydroxyl groups excluding tert-OH is 1. The maximum atomic E-state index is 13.3. The van der Waals surface area contributed by atoms with E-state index in [2.05, 4.69) is 9.97 Å². The zero-order valence-electron chi connectivity index (χ0n) is 15.6. The summed E-state index contributed by atoms with van der Waals surface area (Å²) < 4.78 is 21.0. The zero-order valence-corrected chi connectivity index (χ0v) is 16.3. The van der Waals surface area contributed by atoms with Crippen molar-refractivity contribution in [2.45, 2.75) is 19.6 Å². The van der Waals surface area contributed by atoms with E-state index in [4.69, 9.17) is 16.3 Å². The van der Waals surface area contributed by atoms with E-state index in [-0.39, 0.29) is 19.0 Å². The number of rotatable bonds is 7. The molecule has 4 aromatic rings. The van der Waals surface area contributed by atoms with Gasteiger partial charge in [0.2, 0.25) is 0 Å². The molecule has 0 aliphatic rings. The molecule has 0 unspecified atom stereocenters. The number of fused-ring (bicyclic) bond motifs is 1. The molecule has 0 fully saturated rings. The van der Waals surface area contributed by atoms with Crippen LogP contribution in [-0.2, 0) is 19.6 Å². The fourth-order valence-corrected chi connectivity index (χ4v) is 3.53. The Morgan fingerprint density at radius 3 is 2.76 bits per heavy atom. The highest BCUT2D eigenvalue weighted by atomic mass is 35.5. The number of aromatic nitrogens is 3. The predicted octanol–water partition coefficient (Wildman–Crippen LogP) is 4.39. The Balaban J connectivity index is 1.53. The lowest BCUT2D eigenvalue weighted by molar-refractivity contribution is 0.278. The van der Waals surface area contributed by atoms with Crippen LogP contribution in [0.5, 0.6) is 5.75 Å². The van der Waals surface area contributed by atoms with Gasteiger partial charge in [-0.3, -0.25) is 0 Å². The Morgan fingerprint density at radius 1 is 1.07 bits per heavy atom. The Morgan fingerprint density at radius 2 is 1.97 bits per heavy atom. The highest BCUT2D eigenvalue weighted by molar-refractivity contribution is 6.32. The van der Waals surface area contributed by atoms with Crippen LogP contribution >= 0.6 is 11.6 Å². The minimum Gasteiger partial charge on any atom is -0.487 e. The van der Waals surface area contributed by atoms with Crippen molar-refractivity contribution in [3.63, 3.8) is 0 Å². The Labute approximate surface area is 172 Å². The molecule has 0 amide bonds. The number of hydrogen-bond donors (Lipinski definition) is 1. The second-order valence-corrected chi connectivity index (χ2v) is 7.05. The summed E-state index contributed by atoms with van der Waals surface area (Å²) in [4.78, 5) is 8.72. The Hall–Kier alpha value is -2.96. The number of ether oxygens (including phenoxy) is 1. The van der Waals surface area contributed by atoms with Crippen LogP contribution in [0.25, 0.3) is 11.0 Å². The molecule has 0 atom stereocenters. The van der Waals surface area contributed by atoms with E-state index in [0.717, 1.165) is 27.9 Å². The van der Waals surface area contributed by atoms with E-state index in [9.17, 15) is 9.50 Å². The van der Waals surface area contributed by atoms with Gasteiger partial charge in [0.1, 0.15) is 24.5 Å². The molecule has 4 rings (SSSR count). The van der Waals surface area contributed by atoms with Crippen LogP contribution in [0.1, 0.15) is 16.8 Å². The average molecular weight is 412 g/mol. The first-order valence-corrected chi connectivity index (χ1v) is 9.57. The third-order valence-corrected chi connectivity index (χ3v) is 4.91. The van der Waals surface area contributed by atoms with Crippen LogP contribution in [0, 0.1) is 5.82 Å². The second-order valence-electron chi connectivity index (χ2n) is 6.65. The highest BCUT2D eigenvalue weighted by Crippen LogP contribution is 2.28. The van der Waals surface area contributed by atoms with Crippen LogP contribution in [-0.4, -0.2) is 26.2 Å². The molecular formula is C22H19ClFN3O2. The fourth-order valence-electron chi connectivity index (χ4n) is 3.28. The van der Waals surface area contributed by atoms with E-state index in [0.29, 0.717) is 23.7 Å². The molecule has 1 N–H and O–H groups in total. The summed E-state index contributed by atoms with van der Waals surface area (Å²) in [5, 5.41) is 9.76. The number of hydrogen-bond acceptors (Lipinski definition) is 4. The summed E-state index contributed by atoms with van der Waals surface area (Å²) in [6.45, 7) is 0.761. The van der Waals surface area contributed by atoms with Crippen molar-refractivity contribution >= 4 is 22.6 Å². The summed E-state index contributed by atoms with van der Waals surface area (Å²) in [5.41, 5.74) is 4.31. The molecule has 0 bridgehead atoms. The van der Waals surface area contributed by atoms with E-state index in [1.807, 2.05) is 35.0 Å². The Bertz CT molecular complexity index is 1150. The molecule has 0 saturated heterocycles. The van der Waals surface area contributed by atoms with Crippen molar-refractivity contribution in [2.24, 2.45) is 0 Å². The number of halogens is 2. The van der Waals surface area contributed by atoms with E-state index >= 15 is 0 Å². The fraction of sp³-hybridized carbons (Fsp3) is 0.182. The monoisotopic (exact) mass is 411 g/mol. The minimum absolute atomic E-state index is 0.0429. The van der Waals surface area contributed by atoms with Crippen LogP contribution < -0.4 is 4.74 Å². The normalized spacial score (nSPS) is 11.1. The zero-order chi connectivity index (χ0) is 20.2. The largest absolute Gasteiger partial charge is 0.487 e. The summed E-state index contributed by atoms with van der Waals surface area (Å²) in [7, 11) is 0. The summed E-state index contributed by atoms with van der Waals surface area (Å²) in [5.74, 6) is 0.242. The van der Waals surface area contributed by atoms with Gasteiger partial charge < -0.3 is 14.4 Å². The minimum atomic E-state index is -0.297. The van der Waals surface area contributed by atoms with Crippen LogP contribution in [0.2, 0.25) is 5.02 Å². The van der Waals surface area contributed by atoms with Gasteiger partial charge in [0.25, 0.3) is 0 Å². The number of nitrogens with zero attached hydrogens (tertiary/aromatic N) is 3. The van der Waals surface area contributed by atoms with Gasteiger partial charge in [-0.15, -0.1) is 0 Å². The highest BCUT2D eigenvalue weighted by Gasteiger charge is 2.11. The van der Waals surface area contributed by atoms with E-state index in [1.165, 1.54) is 12.1 Å². The molecule has 0 radical (unpaired) electrons. The molecule has 148 valence electrons. The van der Waals surface area contributed by atoms with Gasteiger partial charge in [-0.1, -0.05) is 29.8 Å². The molecular weight excluding hydrogens is 393 g/mol. The van der Waals surface area contributed by atoms with Crippen molar-refractivity contribution in [3.05, 3.63) is 88.7 Å². The summed E-state index contributed by atoms with van der Waals surface area (Å²) >= 11 is 6.40. The van der Waals surface area contributed by atoms with Crippen molar-refractivity contribution in [1.29, 1.82) is 0 Å². The maximum absolute atomic E-state index is 13.3. The smallest absolute Gasteiger partial charge is 0.138 e. The van der Waals surface area contributed by atoms with Crippen molar-refractivity contribution in [3.8, 4) is 5.75 Å². The third kappa shape index (κ3) is 4.39. The summed E-state index contributed by atoms with van der Waals surface area (Å²) in [6, 6.07) is 13.8. The molecule has 5 nitrogen and oxygen atoms in total. The molecule has 0 saturated carbocycles. The average Bonchev–Trinajstić information content (AvgIpc) is 3.12. The first kappa shape index (κ1) is 19.4. The van der Waals surface area contributed by atoms with Crippen molar-refractivity contribution in [1.82, 2.24) is 14.5 Å². The molecule has 29 heavy (non-hydrogen) atoms. The van der Waals surface area contributed by atoms with E-state index in [1.54, 1.807) is 18.5 Å². The first-order valence-electron chi connectivity index (χ1n) is 9.19. The number of benzene rings is 2. The lowest BCUT2D eigenvalue weighted by atomic mass is 10.1. The van der Waals surface area contributed by atoms with Crippen molar-refractivity contribution < 1.29 is 14.2 Å². The molecule has 7 heteroatoms. The van der Waals surface area contributed by atoms with E-state index < -0.39 is 0 Å².